The molecule has 7 heteroatoms. The van der Waals surface area contributed by atoms with Crippen LogP contribution in [-0.4, -0.2) is 29.3 Å². The lowest BCUT2D eigenvalue weighted by molar-refractivity contribution is -0.122. The summed E-state index contributed by atoms with van der Waals surface area (Å²) in [5.41, 5.74) is 0.709. The summed E-state index contributed by atoms with van der Waals surface area (Å²) in [7, 11) is 1.60. The maximum absolute atomic E-state index is 11.8. The van der Waals surface area contributed by atoms with Gasteiger partial charge in [0, 0.05) is 23.6 Å². The molecule has 0 aliphatic carbocycles. The molecule has 1 aromatic carbocycles. The van der Waals surface area contributed by atoms with Gasteiger partial charge in [-0.15, -0.1) is 0 Å². The molecule has 1 heterocycles. The Kier molecular flexibility index (Phi) is 4.60. The average Bonchev–Trinajstić information content (AvgIpc) is 2.73. The minimum atomic E-state index is -0.408. The van der Waals surface area contributed by atoms with E-state index in [1.807, 2.05) is 12.1 Å². The highest BCUT2D eigenvalue weighted by molar-refractivity contribution is 9.10. The summed E-state index contributed by atoms with van der Waals surface area (Å²) in [5, 5.41) is 5.53. The number of aliphatic imine (C=N–C) groups is 1. The van der Waals surface area contributed by atoms with Crippen molar-refractivity contribution in [2.75, 3.05) is 12.4 Å². The van der Waals surface area contributed by atoms with Crippen molar-refractivity contribution < 1.29 is 9.59 Å². The van der Waals surface area contributed by atoms with Crippen molar-refractivity contribution >= 4 is 50.4 Å². The molecule has 1 fully saturated rings. The van der Waals surface area contributed by atoms with Gasteiger partial charge in [0.2, 0.25) is 11.8 Å². The molecule has 0 saturated carbocycles. The van der Waals surface area contributed by atoms with E-state index in [9.17, 15) is 9.59 Å². The van der Waals surface area contributed by atoms with Gasteiger partial charge in [-0.1, -0.05) is 27.7 Å². The first-order valence-electron chi connectivity index (χ1n) is 5.58. The van der Waals surface area contributed by atoms with Crippen molar-refractivity contribution in [3.05, 3.63) is 28.7 Å². The summed E-state index contributed by atoms with van der Waals surface area (Å²) in [4.78, 5) is 27.3. The van der Waals surface area contributed by atoms with Crippen LogP contribution in [-0.2, 0) is 9.59 Å². The number of carbonyl (C=O) groups is 2. The molecule has 5 nitrogen and oxygen atoms in total. The zero-order valence-corrected chi connectivity index (χ0v) is 12.5. The molecule has 100 valence electrons. The maximum atomic E-state index is 11.8. The number of rotatable bonds is 3. The highest BCUT2D eigenvalue weighted by Crippen LogP contribution is 2.23. The predicted molar refractivity (Wildman–Crippen MR) is 80.3 cm³/mol. The number of halogens is 1. The maximum Gasteiger partial charge on any atom is 0.240 e. The number of anilines is 1. The van der Waals surface area contributed by atoms with Gasteiger partial charge in [0.15, 0.2) is 5.17 Å². The zero-order valence-electron chi connectivity index (χ0n) is 10.1. The van der Waals surface area contributed by atoms with Gasteiger partial charge in [0.1, 0.15) is 5.25 Å². The van der Waals surface area contributed by atoms with Crippen LogP contribution in [0.2, 0.25) is 0 Å². The molecule has 1 atom stereocenters. The number of amides is 2. The minimum absolute atomic E-state index is 0.131. The first-order valence-corrected chi connectivity index (χ1v) is 7.25. The molecule has 0 bridgehead atoms. The van der Waals surface area contributed by atoms with Crippen LogP contribution in [0.15, 0.2) is 33.7 Å². The normalized spacial score (nSPS) is 20.4. The van der Waals surface area contributed by atoms with Crippen LogP contribution in [0.1, 0.15) is 6.42 Å². The van der Waals surface area contributed by atoms with Crippen molar-refractivity contribution in [1.82, 2.24) is 5.32 Å². The van der Waals surface area contributed by atoms with E-state index in [2.05, 4.69) is 31.6 Å². The third kappa shape index (κ3) is 3.81. The van der Waals surface area contributed by atoms with Crippen molar-refractivity contribution in [1.29, 1.82) is 0 Å². The Morgan fingerprint density at radius 3 is 2.74 bits per heavy atom. The van der Waals surface area contributed by atoms with E-state index in [1.54, 1.807) is 19.2 Å². The molecule has 2 amide bonds. The van der Waals surface area contributed by atoms with Crippen LogP contribution in [0.3, 0.4) is 0 Å². The first kappa shape index (κ1) is 14.1. The molecule has 1 unspecified atom stereocenters. The van der Waals surface area contributed by atoms with Crippen LogP contribution < -0.4 is 10.6 Å². The Labute approximate surface area is 123 Å². The lowest BCUT2D eigenvalue weighted by atomic mass is 10.2. The highest BCUT2D eigenvalue weighted by atomic mass is 79.9. The van der Waals surface area contributed by atoms with Gasteiger partial charge in [-0.2, -0.15) is 0 Å². The van der Waals surface area contributed by atoms with Crippen LogP contribution in [0.25, 0.3) is 0 Å². The van der Waals surface area contributed by atoms with Gasteiger partial charge in [0.05, 0.1) is 0 Å². The number of nitrogens with one attached hydrogen (secondary N) is 2. The number of thioether (sulfide) groups is 1. The lowest BCUT2D eigenvalue weighted by Gasteiger charge is -2.07. The largest absolute Gasteiger partial charge is 0.326 e. The fourth-order valence-electron chi connectivity index (χ4n) is 1.56. The minimum Gasteiger partial charge on any atom is -0.326 e. The second-order valence-electron chi connectivity index (χ2n) is 3.88. The van der Waals surface area contributed by atoms with Crippen LogP contribution >= 0.6 is 27.7 Å². The standard InChI is InChI=1S/C12H12BrN3O2S/c1-14-12-16-11(18)9(19-12)6-10(17)15-8-4-2-7(13)3-5-8/h2-5,9H,6H2,1H3,(H,15,17)(H,14,16,18). The third-order valence-electron chi connectivity index (χ3n) is 2.48. The zero-order chi connectivity index (χ0) is 13.8. The monoisotopic (exact) mass is 341 g/mol. The van der Waals surface area contributed by atoms with E-state index in [0.29, 0.717) is 10.9 Å². The Morgan fingerprint density at radius 1 is 1.47 bits per heavy atom. The number of benzene rings is 1. The Hall–Kier alpha value is -1.34. The summed E-state index contributed by atoms with van der Waals surface area (Å²) in [5.74, 6) is -0.358. The number of hydrogen-bond acceptors (Lipinski definition) is 4. The molecule has 2 N–H and O–H groups in total. The first-order chi connectivity index (χ1) is 9.08. The number of nitrogens with zero attached hydrogens (tertiary/aromatic N) is 1. The average molecular weight is 342 g/mol. The van der Waals surface area contributed by atoms with Crippen molar-refractivity contribution in [2.24, 2.45) is 4.99 Å². The number of hydrogen-bond donors (Lipinski definition) is 2. The van der Waals surface area contributed by atoms with E-state index >= 15 is 0 Å². The van der Waals surface area contributed by atoms with E-state index in [4.69, 9.17) is 0 Å². The summed E-state index contributed by atoms with van der Waals surface area (Å²) >= 11 is 4.60. The van der Waals surface area contributed by atoms with E-state index in [-0.39, 0.29) is 18.2 Å². The quantitative estimate of drug-likeness (QED) is 0.883. The fraction of sp³-hybridized carbons (Fsp3) is 0.250. The van der Waals surface area contributed by atoms with E-state index in [1.165, 1.54) is 11.8 Å². The number of carbonyl (C=O) groups excluding carboxylic acids is 2. The molecular formula is C12H12BrN3O2S. The summed E-state index contributed by atoms with van der Waals surface area (Å²) in [6.07, 6.45) is 0.131. The van der Waals surface area contributed by atoms with Gasteiger partial charge in [-0.3, -0.25) is 14.6 Å². The lowest BCUT2D eigenvalue weighted by Crippen LogP contribution is -2.28. The topological polar surface area (TPSA) is 70.6 Å². The highest BCUT2D eigenvalue weighted by Gasteiger charge is 2.31. The van der Waals surface area contributed by atoms with Gasteiger partial charge in [-0.05, 0) is 24.3 Å². The molecule has 1 saturated heterocycles. The van der Waals surface area contributed by atoms with Gasteiger partial charge in [-0.25, -0.2) is 0 Å². The van der Waals surface area contributed by atoms with Gasteiger partial charge in [0.25, 0.3) is 0 Å². The molecule has 1 aliphatic rings. The molecule has 0 aromatic heterocycles. The second-order valence-corrected chi connectivity index (χ2v) is 5.99. The van der Waals surface area contributed by atoms with Crippen molar-refractivity contribution in [3.63, 3.8) is 0 Å². The SMILES string of the molecule is CN=C1NC(=O)C(CC(=O)Nc2ccc(Br)cc2)S1. The third-order valence-corrected chi connectivity index (χ3v) is 4.18. The molecule has 19 heavy (non-hydrogen) atoms. The smallest absolute Gasteiger partial charge is 0.240 e. The van der Waals surface area contributed by atoms with Gasteiger partial charge < -0.3 is 10.6 Å². The fourth-order valence-corrected chi connectivity index (χ4v) is 2.76. The van der Waals surface area contributed by atoms with Gasteiger partial charge >= 0.3 is 0 Å². The van der Waals surface area contributed by atoms with Crippen LogP contribution in [0.4, 0.5) is 5.69 Å². The molecule has 1 aliphatic heterocycles. The number of amidine groups is 1. The predicted octanol–water partition coefficient (Wildman–Crippen LogP) is 2.00. The summed E-state index contributed by atoms with van der Waals surface area (Å²) in [6, 6.07) is 7.27. The molecule has 1 aromatic rings. The Morgan fingerprint density at radius 2 is 2.16 bits per heavy atom. The summed E-state index contributed by atoms with van der Waals surface area (Å²) in [6.45, 7) is 0. The van der Waals surface area contributed by atoms with E-state index < -0.39 is 5.25 Å². The molecule has 0 spiro atoms. The Balaban J connectivity index is 1.91. The van der Waals surface area contributed by atoms with Crippen LogP contribution in [0.5, 0.6) is 0 Å². The summed E-state index contributed by atoms with van der Waals surface area (Å²) < 4.78 is 0.944. The molecule has 2 rings (SSSR count). The molecular weight excluding hydrogens is 330 g/mol. The van der Waals surface area contributed by atoms with E-state index in [0.717, 1.165) is 4.47 Å². The Bertz CT molecular complexity index is 530. The van der Waals surface area contributed by atoms with Crippen LogP contribution in [0, 0.1) is 0 Å². The second kappa shape index (κ2) is 6.21. The molecule has 0 radical (unpaired) electrons. The van der Waals surface area contributed by atoms with Crippen molar-refractivity contribution in [3.8, 4) is 0 Å². The van der Waals surface area contributed by atoms with Crippen molar-refractivity contribution in [2.45, 2.75) is 11.7 Å².